The number of hydrogen-bond donors (Lipinski definition) is 1. The van der Waals surface area contributed by atoms with Crippen molar-refractivity contribution in [2.45, 2.75) is 48.2 Å². The van der Waals surface area contributed by atoms with Gasteiger partial charge in [-0.25, -0.2) is 21.1 Å². The summed E-state index contributed by atoms with van der Waals surface area (Å²) >= 11 is 0. The van der Waals surface area contributed by atoms with E-state index in [2.05, 4.69) is 10.2 Å². The fraction of sp³-hybridized carbons (Fsp3) is 0.769. The zero-order chi connectivity index (χ0) is 16.0. The van der Waals surface area contributed by atoms with E-state index in [9.17, 15) is 16.8 Å². The standard InChI is InChI=1S/C13H21N3O4S2/c1-21(17,18)12-8-14-15-13(12)10-6-7-16(9-10)22(19,20)11-4-2-3-5-11/h8,10-11H,2-7,9H2,1H3,(H,14,15)/t10-/m0/s1. The molecule has 1 aromatic heterocycles. The minimum atomic E-state index is -3.36. The number of aromatic nitrogens is 2. The Morgan fingerprint density at radius 3 is 2.50 bits per heavy atom. The topological polar surface area (TPSA) is 100 Å². The van der Waals surface area contributed by atoms with Gasteiger partial charge in [0.05, 0.1) is 17.1 Å². The van der Waals surface area contributed by atoms with Crippen LogP contribution < -0.4 is 0 Å². The van der Waals surface area contributed by atoms with Gasteiger partial charge in [0, 0.05) is 25.3 Å². The van der Waals surface area contributed by atoms with Gasteiger partial charge in [0.15, 0.2) is 9.84 Å². The maximum atomic E-state index is 12.6. The van der Waals surface area contributed by atoms with Gasteiger partial charge in [0.1, 0.15) is 4.90 Å². The first-order valence-corrected chi connectivity index (χ1v) is 10.9. The van der Waals surface area contributed by atoms with E-state index in [1.54, 1.807) is 0 Å². The first kappa shape index (κ1) is 15.9. The van der Waals surface area contributed by atoms with E-state index in [0.717, 1.165) is 31.9 Å². The summed E-state index contributed by atoms with van der Waals surface area (Å²) in [5.74, 6) is -0.136. The largest absolute Gasteiger partial charge is 0.281 e. The van der Waals surface area contributed by atoms with E-state index in [1.807, 2.05) is 0 Å². The molecule has 1 aliphatic heterocycles. The van der Waals surface area contributed by atoms with Crippen molar-refractivity contribution < 1.29 is 16.8 Å². The maximum absolute atomic E-state index is 12.6. The molecule has 2 heterocycles. The molecule has 0 bridgehead atoms. The average Bonchev–Trinajstić information content (AvgIpc) is 3.18. The lowest BCUT2D eigenvalue weighted by Gasteiger charge is -2.21. The van der Waals surface area contributed by atoms with Crippen molar-refractivity contribution in [2.75, 3.05) is 19.3 Å². The summed E-state index contributed by atoms with van der Waals surface area (Å²) in [5.41, 5.74) is 0.534. The Kier molecular flexibility index (Phi) is 4.07. The first-order chi connectivity index (χ1) is 10.3. The molecule has 1 N–H and O–H groups in total. The van der Waals surface area contributed by atoms with Gasteiger partial charge in [0.25, 0.3) is 0 Å². The SMILES string of the molecule is CS(=O)(=O)c1cn[nH]c1[C@H]1CCN(S(=O)(=O)C2CCCC2)C1. The van der Waals surface area contributed by atoms with Gasteiger partial charge < -0.3 is 0 Å². The molecule has 1 atom stereocenters. The Balaban J connectivity index is 1.80. The molecule has 0 aromatic carbocycles. The second-order valence-corrected chi connectivity index (χ2v) is 10.4. The molecule has 1 saturated carbocycles. The van der Waals surface area contributed by atoms with Crippen LogP contribution in [0.25, 0.3) is 0 Å². The van der Waals surface area contributed by atoms with Crippen molar-refractivity contribution in [3.05, 3.63) is 11.9 Å². The van der Waals surface area contributed by atoms with E-state index in [0.29, 0.717) is 25.2 Å². The van der Waals surface area contributed by atoms with Crippen LogP contribution >= 0.6 is 0 Å². The van der Waals surface area contributed by atoms with E-state index in [-0.39, 0.29) is 16.1 Å². The summed E-state index contributed by atoms with van der Waals surface area (Å²) in [7, 11) is -6.62. The third-order valence-electron chi connectivity index (χ3n) is 4.67. The molecule has 0 spiro atoms. The van der Waals surface area contributed by atoms with Crippen LogP contribution in [0.4, 0.5) is 0 Å². The average molecular weight is 347 g/mol. The molecule has 0 amide bonds. The predicted octanol–water partition coefficient (Wildman–Crippen LogP) is 0.875. The number of aromatic amines is 1. The van der Waals surface area contributed by atoms with Crippen LogP contribution in [0.5, 0.6) is 0 Å². The first-order valence-electron chi connectivity index (χ1n) is 7.52. The van der Waals surface area contributed by atoms with Crippen molar-refractivity contribution in [1.82, 2.24) is 14.5 Å². The van der Waals surface area contributed by atoms with Crippen molar-refractivity contribution in [1.29, 1.82) is 0 Å². The Bertz CT molecular complexity index is 748. The number of sulfonamides is 1. The Hall–Kier alpha value is -0.930. The van der Waals surface area contributed by atoms with Crippen LogP contribution in [0, 0.1) is 0 Å². The highest BCUT2D eigenvalue weighted by atomic mass is 32.2. The molecule has 1 saturated heterocycles. The Morgan fingerprint density at radius 1 is 1.18 bits per heavy atom. The van der Waals surface area contributed by atoms with Crippen LogP contribution in [0.15, 0.2) is 11.1 Å². The molecule has 0 radical (unpaired) electrons. The lowest BCUT2D eigenvalue weighted by molar-refractivity contribution is 0.459. The number of nitrogens with one attached hydrogen (secondary N) is 1. The smallest absolute Gasteiger partial charge is 0.217 e. The molecular formula is C13H21N3O4S2. The molecule has 7 nitrogen and oxygen atoms in total. The maximum Gasteiger partial charge on any atom is 0.217 e. The van der Waals surface area contributed by atoms with Crippen molar-refractivity contribution in [2.24, 2.45) is 0 Å². The normalized spacial score (nSPS) is 25.0. The molecule has 0 unspecified atom stereocenters. The highest BCUT2D eigenvalue weighted by Crippen LogP contribution is 2.35. The van der Waals surface area contributed by atoms with Gasteiger partial charge in [-0.3, -0.25) is 5.10 Å². The highest BCUT2D eigenvalue weighted by molar-refractivity contribution is 7.90. The fourth-order valence-electron chi connectivity index (χ4n) is 3.47. The van der Waals surface area contributed by atoms with E-state index < -0.39 is 19.9 Å². The van der Waals surface area contributed by atoms with Crippen LogP contribution in [0.2, 0.25) is 0 Å². The summed E-state index contributed by atoms with van der Waals surface area (Å²) < 4.78 is 50.3. The molecule has 22 heavy (non-hydrogen) atoms. The minimum Gasteiger partial charge on any atom is -0.281 e. The number of hydrogen-bond acceptors (Lipinski definition) is 5. The van der Waals surface area contributed by atoms with Gasteiger partial charge in [-0.2, -0.15) is 5.10 Å². The van der Waals surface area contributed by atoms with E-state index >= 15 is 0 Å². The van der Waals surface area contributed by atoms with Crippen LogP contribution in [0.1, 0.15) is 43.7 Å². The molecular weight excluding hydrogens is 326 g/mol. The molecule has 2 aliphatic rings. The Morgan fingerprint density at radius 2 is 1.86 bits per heavy atom. The molecule has 3 rings (SSSR count). The summed E-state index contributed by atoms with van der Waals surface area (Å²) in [4.78, 5) is 0.178. The van der Waals surface area contributed by atoms with E-state index in [4.69, 9.17) is 0 Å². The van der Waals surface area contributed by atoms with Gasteiger partial charge in [0.2, 0.25) is 10.0 Å². The quantitative estimate of drug-likeness (QED) is 0.871. The summed E-state index contributed by atoms with van der Waals surface area (Å²) in [6, 6.07) is 0. The third-order valence-corrected chi connectivity index (χ3v) is 8.16. The summed E-state index contributed by atoms with van der Waals surface area (Å²) in [6.07, 6.45) is 6.49. The van der Waals surface area contributed by atoms with Crippen molar-refractivity contribution in [3.63, 3.8) is 0 Å². The van der Waals surface area contributed by atoms with Crippen LogP contribution in [-0.4, -0.2) is 55.9 Å². The van der Waals surface area contributed by atoms with Crippen molar-refractivity contribution in [3.8, 4) is 0 Å². The van der Waals surface area contributed by atoms with Crippen molar-refractivity contribution >= 4 is 19.9 Å². The van der Waals surface area contributed by atoms with Gasteiger partial charge in [-0.1, -0.05) is 12.8 Å². The fourth-order valence-corrected chi connectivity index (χ4v) is 6.42. The minimum absolute atomic E-state index is 0.136. The second kappa shape index (κ2) is 5.61. The molecule has 2 fully saturated rings. The molecule has 124 valence electrons. The third kappa shape index (κ3) is 2.81. The lowest BCUT2D eigenvalue weighted by Crippen LogP contribution is -2.36. The number of sulfone groups is 1. The van der Waals surface area contributed by atoms with Crippen LogP contribution in [-0.2, 0) is 19.9 Å². The second-order valence-electron chi connectivity index (χ2n) is 6.22. The number of nitrogens with zero attached hydrogens (tertiary/aromatic N) is 2. The Labute approximate surface area is 131 Å². The van der Waals surface area contributed by atoms with Gasteiger partial charge >= 0.3 is 0 Å². The predicted molar refractivity (Wildman–Crippen MR) is 81.8 cm³/mol. The number of rotatable bonds is 4. The van der Waals surface area contributed by atoms with E-state index in [1.165, 1.54) is 10.5 Å². The molecule has 1 aromatic rings. The van der Waals surface area contributed by atoms with Gasteiger partial charge in [-0.15, -0.1) is 0 Å². The monoisotopic (exact) mass is 347 g/mol. The number of H-pyrrole nitrogens is 1. The van der Waals surface area contributed by atoms with Crippen LogP contribution in [0.3, 0.4) is 0 Å². The molecule has 1 aliphatic carbocycles. The molecule has 9 heteroatoms. The zero-order valence-electron chi connectivity index (χ0n) is 12.5. The highest BCUT2D eigenvalue weighted by Gasteiger charge is 2.39. The summed E-state index contributed by atoms with van der Waals surface area (Å²) in [6.45, 7) is 0.787. The van der Waals surface area contributed by atoms with Gasteiger partial charge in [-0.05, 0) is 19.3 Å². The lowest BCUT2D eigenvalue weighted by atomic mass is 10.1. The zero-order valence-corrected chi connectivity index (χ0v) is 14.2. The summed E-state index contributed by atoms with van der Waals surface area (Å²) in [5, 5.41) is 6.31.